The zero-order chi connectivity index (χ0) is 71.9. The summed E-state index contributed by atoms with van der Waals surface area (Å²) >= 11 is 0. The molecular weight excluding hydrogens is 1280 g/mol. The van der Waals surface area contributed by atoms with Gasteiger partial charge >= 0.3 is 39.5 Å². The van der Waals surface area contributed by atoms with Crippen molar-refractivity contribution in [2.45, 2.75) is 438 Å². The number of phosphoric acid groups is 2. The lowest BCUT2D eigenvalue weighted by Gasteiger charge is -2.21. The molecule has 2 unspecified atom stereocenters. The van der Waals surface area contributed by atoms with Gasteiger partial charge in [0.1, 0.15) is 19.3 Å². The molecule has 0 aliphatic heterocycles. The molecule has 19 heteroatoms. The first-order chi connectivity index (χ1) is 47.5. The molecule has 17 nitrogen and oxygen atoms in total. The molecule has 0 aliphatic carbocycles. The normalized spacial score (nSPS) is 13.9. The van der Waals surface area contributed by atoms with Crippen molar-refractivity contribution in [3.8, 4) is 0 Å². The second-order valence-electron chi connectivity index (χ2n) is 28.9. The molecule has 0 heterocycles. The predicted octanol–water partition coefficient (Wildman–Crippen LogP) is 23.6. The number of esters is 4. The molecular formula is C79H154O17P2. The number of ether oxygens (including phenoxy) is 4. The average molecular weight is 1440 g/mol. The Morgan fingerprint density at radius 1 is 0.276 bits per heavy atom. The van der Waals surface area contributed by atoms with Gasteiger partial charge in [0.2, 0.25) is 0 Å². The summed E-state index contributed by atoms with van der Waals surface area (Å²) < 4.78 is 68.4. The van der Waals surface area contributed by atoms with Crippen LogP contribution in [0.15, 0.2) is 0 Å². The smallest absolute Gasteiger partial charge is 0.462 e. The van der Waals surface area contributed by atoms with E-state index in [2.05, 4.69) is 34.6 Å². The topological polar surface area (TPSA) is 237 Å². The van der Waals surface area contributed by atoms with E-state index in [0.717, 1.165) is 102 Å². The Morgan fingerprint density at radius 2 is 0.469 bits per heavy atom. The maximum Gasteiger partial charge on any atom is 0.472 e. The van der Waals surface area contributed by atoms with Crippen LogP contribution >= 0.6 is 15.6 Å². The zero-order valence-corrected chi connectivity index (χ0v) is 65.7. The molecule has 5 atom stereocenters. The number of hydrogen-bond donors (Lipinski definition) is 3. The van der Waals surface area contributed by atoms with Crippen LogP contribution in [-0.4, -0.2) is 96.7 Å². The maximum atomic E-state index is 13.1. The van der Waals surface area contributed by atoms with Gasteiger partial charge in [-0.25, -0.2) is 9.13 Å². The molecule has 582 valence electrons. The van der Waals surface area contributed by atoms with Crippen LogP contribution in [0.1, 0.15) is 420 Å². The van der Waals surface area contributed by atoms with Crippen LogP contribution in [0.3, 0.4) is 0 Å². The number of carbonyl (C=O) groups excluding carboxylic acids is 4. The van der Waals surface area contributed by atoms with E-state index in [1.807, 2.05) is 0 Å². The molecule has 0 aliphatic rings. The van der Waals surface area contributed by atoms with E-state index in [9.17, 15) is 43.2 Å². The largest absolute Gasteiger partial charge is 0.472 e. The second kappa shape index (κ2) is 72.0. The van der Waals surface area contributed by atoms with Crippen LogP contribution in [0.4, 0.5) is 0 Å². The Balaban J connectivity index is 5.11. The highest BCUT2D eigenvalue weighted by Crippen LogP contribution is 2.45. The summed E-state index contributed by atoms with van der Waals surface area (Å²) in [6.07, 6.45) is 63.1. The van der Waals surface area contributed by atoms with E-state index in [1.165, 1.54) is 238 Å². The Bertz CT molecular complexity index is 1870. The number of phosphoric ester groups is 2. The van der Waals surface area contributed by atoms with Crippen molar-refractivity contribution in [1.82, 2.24) is 0 Å². The van der Waals surface area contributed by atoms with Crippen LogP contribution < -0.4 is 0 Å². The summed E-state index contributed by atoms with van der Waals surface area (Å²) in [5.74, 6) is -1.37. The molecule has 0 rings (SSSR count). The first-order valence-electron chi connectivity index (χ1n) is 41.1. The van der Waals surface area contributed by atoms with Gasteiger partial charge in [0.25, 0.3) is 0 Å². The van der Waals surface area contributed by atoms with Crippen molar-refractivity contribution < 1.29 is 80.2 Å². The van der Waals surface area contributed by atoms with E-state index < -0.39 is 97.5 Å². The maximum absolute atomic E-state index is 13.1. The van der Waals surface area contributed by atoms with Gasteiger partial charge in [-0.3, -0.25) is 37.3 Å². The molecule has 98 heavy (non-hydrogen) atoms. The van der Waals surface area contributed by atoms with Crippen LogP contribution in [0.2, 0.25) is 0 Å². The van der Waals surface area contributed by atoms with Crippen LogP contribution in [0.5, 0.6) is 0 Å². The summed E-state index contributed by atoms with van der Waals surface area (Å²) in [4.78, 5) is 72.6. The first-order valence-corrected chi connectivity index (χ1v) is 44.1. The molecule has 0 bridgehead atoms. The fourth-order valence-electron chi connectivity index (χ4n) is 12.2. The standard InChI is InChI=1S/C79H154O17P2/c1-6-9-12-15-17-19-21-23-25-27-29-30-32-34-36-38-40-45-49-54-59-64-79(84)96-75(69-90-77(82)63-58-53-48-44-39-37-35-33-31-28-26-24-22-20-18-16-13-10-7-2)71-94-98(87,88)92-67-73(80)66-91-97(85,86)93-70-74(68-89-76(81)62-57-51-14-11-8-3)95-78(83)65-60-55-50-46-42-41-43-47-52-56-61-72(4)5/h72-75,80H,6-71H2,1-5H3,(H,85,86)(H,87,88)/t73-,74+,75+/m0/s1. The van der Waals surface area contributed by atoms with E-state index in [1.54, 1.807) is 0 Å². The van der Waals surface area contributed by atoms with E-state index >= 15 is 0 Å². The Labute approximate surface area is 600 Å². The zero-order valence-electron chi connectivity index (χ0n) is 63.9. The second-order valence-corrected chi connectivity index (χ2v) is 31.8. The minimum Gasteiger partial charge on any atom is -0.462 e. The summed E-state index contributed by atoms with van der Waals surface area (Å²) in [7, 11) is -9.90. The van der Waals surface area contributed by atoms with Gasteiger partial charge in [-0.05, 0) is 31.6 Å². The van der Waals surface area contributed by atoms with E-state index in [0.29, 0.717) is 25.7 Å². The Hall–Kier alpha value is -1.94. The quantitative estimate of drug-likeness (QED) is 0.0222. The highest BCUT2D eigenvalue weighted by Gasteiger charge is 2.30. The minimum atomic E-state index is -4.96. The molecule has 0 fully saturated rings. The lowest BCUT2D eigenvalue weighted by molar-refractivity contribution is -0.161. The molecule has 3 N–H and O–H groups in total. The SMILES string of the molecule is CCCCCCCCCCCCCCCCCCCCCCCC(=O)O[C@H](COC(=O)CCCCCCCCCCCCCCCCCCCCC)COP(=O)(O)OC[C@@H](O)COP(=O)(O)OC[C@@H](COC(=O)CCCCCCC)OC(=O)CCCCCCCCCCCCC(C)C. The lowest BCUT2D eigenvalue weighted by Crippen LogP contribution is -2.30. The highest BCUT2D eigenvalue weighted by atomic mass is 31.2. The van der Waals surface area contributed by atoms with Gasteiger partial charge in [-0.2, -0.15) is 0 Å². The van der Waals surface area contributed by atoms with Crippen molar-refractivity contribution in [2.75, 3.05) is 39.6 Å². The van der Waals surface area contributed by atoms with Crippen molar-refractivity contribution in [3.05, 3.63) is 0 Å². The van der Waals surface area contributed by atoms with E-state index in [-0.39, 0.29) is 25.7 Å². The number of unbranched alkanes of at least 4 members (excludes halogenated alkanes) is 51. The average Bonchev–Trinajstić information content (AvgIpc) is 1.06. The van der Waals surface area contributed by atoms with Crippen molar-refractivity contribution >= 4 is 39.5 Å². The Morgan fingerprint density at radius 3 is 0.694 bits per heavy atom. The summed E-state index contributed by atoms with van der Waals surface area (Å²) in [5.41, 5.74) is 0. The van der Waals surface area contributed by atoms with Crippen molar-refractivity contribution in [1.29, 1.82) is 0 Å². The monoisotopic (exact) mass is 1440 g/mol. The third-order valence-electron chi connectivity index (χ3n) is 18.5. The molecule has 0 amide bonds. The lowest BCUT2D eigenvalue weighted by atomic mass is 10.0. The van der Waals surface area contributed by atoms with Crippen LogP contribution in [-0.2, 0) is 65.4 Å². The van der Waals surface area contributed by atoms with Gasteiger partial charge in [0, 0.05) is 25.7 Å². The molecule has 0 aromatic rings. The van der Waals surface area contributed by atoms with Crippen molar-refractivity contribution in [3.63, 3.8) is 0 Å². The van der Waals surface area contributed by atoms with Crippen molar-refractivity contribution in [2.24, 2.45) is 5.92 Å². The number of aliphatic hydroxyl groups excluding tert-OH is 1. The van der Waals surface area contributed by atoms with Crippen LogP contribution in [0, 0.1) is 5.92 Å². The summed E-state index contributed by atoms with van der Waals surface area (Å²) in [6.45, 7) is 7.21. The van der Waals surface area contributed by atoms with Gasteiger partial charge in [-0.1, -0.05) is 369 Å². The molecule has 0 saturated carbocycles. The highest BCUT2D eigenvalue weighted by molar-refractivity contribution is 7.47. The summed E-state index contributed by atoms with van der Waals surface area (Å²) in [5, 5.41) is 10.6. The Kier molecular flexibility index (Phi) is 70.6. The van der Waals surface area contributed by atoms with Gasteiger partial charge < -0.3 is 33.8 Å². The van der Waals surface area contributed by atoms with Crippen LogP contribution in [0.25, 0.3) is 0 Å². The van der Waals surface area contributed by atoms with Gasteiger partial charge in [0.15, 0.2) is 12.2 Å². The minimum absolute atomic E-state index is 0.105. The predicted molar refractivity (Wildman–Crippen MR) is 400 cm³/mol. The summed E-state index contributed by atoms with van der Waals surface area (Å²) in [6, 6.07) is 0. The number of carbonyl (C=O) groups is 4. The van der Waals surface area contributed by atoms with Gasteiger partial charge in [-0.15, -0.1) is 0 Å². The molecule has 0 saturated heterocycles. The molecule has 0 aromatic carbocycles. The third kappa shape index (κ3) is 72.4. The van der Waals surface area contributed by atoms with Gasteiger partial charge in [0.05, 0.1) is 26.4 Å². The molecule has 0 spiro atoms. The number of rotatable bonds is 79. The van der Waals surface area contributed by atoms with E-state index in [4.69, 9.17) is 37.0 Å². The molecule has 0 radical (unpaired) electrons. The number of aliphatic hydroxyl groups is 1. The third-order valence-corrected chi connectivity index (χ3v) is 20.4. The first kappa shape index (κ1) is 96.1. The fourth-order valence-corrected chi connectivity index (χ4v) is 13.8. The fraction of sp³-hybridized carbons (Fsp3) is 0.949. The molecule has 0 aromatic heterocycles. The number of hydrogen-bond acceptors (Lipinski definition) is 15.